The van der Waals surface area contributed by atoms with E-state index in [1.54, 1.807) is 6.07 Å². The SMILES string of the molecule is CCS(=O)CCNCc1ccc(Cl)o1. The van der Waals surface area contributed by atoms with Gasteiger partial charge in [0.25, 0.3) is 0 Å². The predicted molar refractivity (Wildman–Crippen MR) is 59.0 cm³/mol. The summed E-state index contributed by atoms with van der Waals surface area (Å²) in [6, 6.07) is 3.54. The number of rotatable bonds is 6. The van der Waals surface area contributed by atoms with E-state index in [1.807, 2.05) is 13.0 Å². The lowest BCUT2D eigenvalue weighted by atomic mass is 10.4. The zero-order valence-corrected chi connectivity index (χ0v) is 9.66. The van der Waals surface area contributed by atoms with Gasteiger partial charge in [-0.1, -0.05) is 6.92 Å². The maximum Gasteiger partial charge on any atom is 0.193 e. The van der Waals surface area contributed by atoms with E-state index in [1.165, 1.54) is 0 Å². The summed E-state index contributed by atoms with van der Waals surface area (Å²) in [5, 5.41) is 3.54. The maximum atomic E-state index is 11.1. The highest BCUT2D eigenvalue weighted by molar-refractivity contribution is 7.84. The van der Waals surface area contributed by atoms with E-state index < -0.39 is 10.8 Å². The lowest BCUT2D eigenvalue weighted by molar-refractivity contribution is 0.489. The largest absolute Gasteiger partial charge is 0.448 e. The molecule has 0 bridgehead atoms. The number of hydrogen-bond donors (Lipinski definition) is 1. The zero-order valence-electron chi connectivity index (χ0n) is 8.09. The fourth-order valence-electron chi connectivity index (χ4n) is 0.989. The molecular weight excluding hydrogens is 222 g/mol. The summed E-state index contributed by atoms with van der Waals surface area (Å²) in [6.07, 6.45) is 0. The Morgan fingerprint density at radius 2 is 2.36 bits per heavy atom. The first-order chi connectivity index (χ1) is 6.72. The van der Waals surface area contributed by atoms with Crippen LogP contribution in [-0.2, 0) is 17.3 Å². The van der Waals surface area contributed by atoms with Crippen molar-refractivity contribution in [2.45, 2.75) is 13.5 Å². The average molecular weight is 236 g/mol. The normalized spacial score (nSPS) is 13.0. The lowest BCUT2D eigenvalue weighted by Crippen LogP contribution is -2.20. The molecule has 80 valence electrons. The van der Waals surface area contributed by atoms with Crippen molar-refractivity contribution in [2.75, 3.05) is 18.1 Å². The first-order valence-electron chi connectivity index (χ1n) is 4.52. The molecular formula is C9H14ClNO2S. The van der Waals surface area contributed by atoms with E-state index in [0.29, 0.717) is 23.3 Å². The van der Waals surface area contributed by atoms with Gasteiger partial charge in [-0.05, 0) is 23.7 Å². The van der Waals surface area contributed by atoms with Crippen LogP contribution in [0.15, 0.2) is 16.5 Å². The van der Waals surface area contributed by atoms with Crippen molar-refractivity contribution in [2.24, 2.45) is 0 Å². The van der Waals surface area contributed by atoms with Crippen molar-refractivity contribution in [1.29, 1.82) is 0 Å². The van der Waals surface area contributed by atoms with E-state index in [-0.39, 0.29) is 0 Å². The van der Waals surface area contributed by atoms with Crippen LogP contribution >= 0.6 is 11.6 Å². The van der Waals surface area contributed by atoms with Crippen molar-refractivity contribution >= 4 is 22.4 Å². The monoisotopic (exact) mass is 235 g/mol. The third-order valence-electron chi connectivity index (χ3n) is 1.76. The van der Waals surface area contributed by atoms with Crippen LogP contribution in [0.3, 0.4) is 0 Å². The van der Waals surface area contributed by atoms with Gasteiger partial charge in [0.2, 0.25) is 0 Å². The van der Waals surface area contributed by atoms with Gasteiger partial charge >= 0.3 is 0 Å². The third kappa shape index (κ3) is 4.26. The van der Waals surface area contributed by atoms with Gasteiger partial charge in [0.1, 0.15) is 5.76 Å². The number of furan rings is 1. The Balaban J connectivity index is 2.13. The van der Waals surface area contributed by atoms with E-state index in [4.69, 9.17) is 16.0 Å². The topological polar surface area (TPSA) is 42.2 Å². The summed E-state index contributed by atoms with van der Waals surface area (Å²) in [5.41, 5.74) is 0. The maximum absolute atomic E-state index is 11.1. The first kappa shape index (κ1) is 11.8. The van der Waals surface area contributed by atoms with Gasteiger partial charge in [-0.25, -0.2) is 0 Å². The summed E-state index contributed by atoms with van der Waals surface area (Å²) in [5.74, 6) is 2.21. The van der Waals surface area contributed by atoms with Crippen LogP contribution in [0.2, 0.25) is 5.22 Å². The van der Waals surface area contributed by atoms with Crippen LogP contribution in [0.5, 0.6) is 0 Å². The van der Waals surface area contributed by atoms with Crippen molar-refractivity contribution in [3.63, 3.8) is 0 Å². The Morgan fingerprint density at radius 1 is 1.57 bits per heavy atom. The van der Waals surface area contributed by atoms with E-state index >= 15 is 0 Å². The van der Waals surface area contributed by atoms with E-state index in [2.05, 4.69) is 5.32 Å². The van der Waals surface area contributed by atoms with Gasteiger partial charge in [-0.2, -0.15) is 0 Å². The molecule has 0 aliphatic rings. The first-order valence-corrected chi connectivity index (χ1v) is 6.39. The highest BCUT2D eigenvalue weighted by Crippen LogP contribution is 2.12. The molecule has 1 heterocycles. The van der Waals surface area contributed by atoms with Gasteiger partial charge in [0.05, 0.1) is 6.54 Å². The standard InChI is InChI=1S/C9H14ClNO2S/c1-2-14(12)6-5-11-7-8-3-4-9(10)13-8/h3-4,11H,2,5-7H2,1H3. The molecule has 5 heteroatoms. The Morgan fingerprint density at radius 3 is 2.93 bits per heavy atom. The van der Waals surface area contributed by atoms with Gasteiger partial charge in [-0.3, -0.25) is 4.21 Å². The van der Waals surface area contributed by atoms with Crippen LogP contribution in [0, 0.1) is 0 Å². The molecule has 1 aromatic rings. The molecule has 14 heavy (non-hydrogen) atoms. The number of hydrogen-bond acceptors (Lipinski definition) is 3. The summed E-state index contributed by atoms with van der Waals surface area (Å²) in [7, 11) is -0.699. The van der Waals surface area contributed by atoms with Gasteiger partial charge in [0.15, 0.2) is 5.22 Å². The fourth-order valence-corrected chi connectivity index (χ4v) is 1.81. The lowest BCUT2D eigenvalue weighted by Gasteiger charge is -2.01. The minimum absolute atomic E-state index is 0.402. The molecule has 1 N–H and O–H groups in total. The Labute approximate surface area is 91.3 Å². The quantitative estimate of drug-likeness (QED) is 0.765. The molecule has 1 unspecified atom stereocenters. The zero-order chi connectivity index (χ0) is 10.4. The van der Waals surface area contributed by atoms with Gasteiger partial charge in [0, 0.05) is 28.9 Å². The molecule has 0 fully saturated rings. The number of halogens is 1. The van der Waals surface area contributed by atoms with Crippen LogP contribution < -0.4 is 5.32 Å². The Kier molecular flexibility index (Phi) is 5.22. The summed E-state index contributed by atoms with van der Waals surface area (Å²) in [4.78, 5) is 0. The molecule has 0 spiro atoms. The molecule has 0 saturated carbocycles. The molecule has 0 aromatic carbocycles. The fraction of sp³-hybridized carbons (Fsp3) is 0.556. The summed E-state index contributed by atoms with van der Waals surface area (Å²) in [6.45, 7) is 3.29. The second kappa shape index (κ2) is 6.22. The third-order valence-corrected chi connectivity index (χ3v) is 3.26. The van der Waals surface area contributed by atoms with Crippen molar-refractivity contribution in [3.8, 4) is 0 Å². The average Bonchev–Trinajstić information content (AvgIpc) is 2.58. The van der Waals surface area contributed by atoms with Gasteiger partial charge < -0.3 is 9.73 Å². The molecule has 0 radical (unpaired) electrons. The predicted octanol–water partition coefficient (Wildman–Crippen LogP) is 1.79. The van der Waals surface area contributed by atoms with Gasteiger partial charge in [-0.15, -0.1) is 0 Å². The second-order valence-corrected chi connectivity index (χ2v) is 5.05. The minimum atomic E-state index is -0.699. The number of nitrogens with one attached hydrogen (secondary N) is 1. The van der Waals surface area contributed by atoms with Crippen LogP contribution in [0.4, 0.5) is 0 Å². The van der Waals surface area contributed by atoms with Crippen molar-refractivity contribution < 1.29 is 8.63 Å². The Bertz CT molecular complexity index is 301. The molecule has 0 aliphatic heterocycles. The van der Waals surface area contributed by atoms with Crippen molar-refractivity contribution in [1.82, 2.24) is 5.32 Å². The molecule has 0 amide bonds. The molecule has 0 aliphatic carbocycles. The van der Waals surface area contributed by atoms with E-state index in [0.717, 1.165) is 12.3 Å². The summed E-state index contributed by atoms with van der Waals surface area (Å²) >= 11 is 5.60. The molecule has 0 saturated heterocycles. The van der Waals surface area contributed by atoms with Crippen LogP contribution in [0.25, 0.3) is 0 Å². The second-order valence-electron chi connectivity index (χ2n) is 2.82. The molecule has 3 nitrogen and oxygen atoms in total. The minimum Gasteiger partial charge on any atom is -0.448 e. The highest BCUT2D eigenvalue weighted by atomic mass is 35.5. The van der Waals surface area contributed by atoms with Crippen LogP contribution in [0.1, 0.15) is 12.7 Å². The molecule has 1 rings (SSSR count). The molecule has 1 aromatic heterocycles. The molecule has 1 atom stereocenters. The van der Waals surface area contributed by atoms with Crippen LogP contribution in [-0.4, -0.2) is 22.3 Å². The van der Waals surface area contributed by atoms with Crippen molar-refractivity contribution in [3.05, 3.63) is 23.1 Å². The Hall–Kier alpha value is -0.320. The van der Waals surface area contributed by atoms with E-state index in [9.17, 15) is 4.21 Å². The highest BCUT2D eigenvalue weighted by Gasteiger charge is 1.99. The summed E-state index contributed by atoms with van der Waals surface area (Å²) < 4.78 is 16.2. The smallest absolute Gasteiger partial charge is 0.193 e.